The van der Waals surface area contributed by atoms with Crippen LogP contribution in [0.15, 0.2) is 67.0 Å². The van der Waals surface area contributed by atoms with Gasteiger partial charge in [-0.15, -0.1) is 0 Å². The van der Waals surface area contributed by atoms with Gasteiger partial charge < -0.3 is 9.84 Å². The third-order valence-corrected chi connectivity index (χ3v) is 6.68. The molecule has 5 rings (SSSR count). The first-order chi connectivity index (χ1) is 17.6. The van der Waals surface area contributed by atoms with E-state index in [1.54, 1.807) is 17.7 Å². The molecular formula is C28H28N4O4. The maximum absolute atomic E-state index is 12.5. The summed E-state index contributed by atoms with van der Waals surface area (Å²) in [6.45, 7) is 2.74. The van der Waals surface area contributed by atoms with Crippen molar-refractivity contribution in [1.29, 1.82) is 0 Å². The smallest absolute Gasteiger partial charge is 0.279 e. The third-order valence-electron chi connectivity index (χ3n) is 6.68. The second kappa shape index (κ2) is 10.4. The number of hydroxylamine groups is 1. The van der Waals surface area contributed by atoms with Crippen molar-refractivity contribution in [2.45, 2.75) is 25.5 Å². The van der Waals surface area contributed by atoms with Crippen LogP contribution in [0.5, 0.6) is 5.75 Å². The summed E-state index contributed by atoms with van der Waals surface area (Å²) in [7, 11) is 1.47. The first kappa shape index (κ1) is 23.9. The van der Waals surface area contributed by atoms with Crippen molar-refractivity contribution < 1.29 is 19.8 Å². The van der Waals surface area contributed by atoms with Gasteiger partial charge in [-0.1, -0.05) is 48.5 Å². The summed E-state index contributed by atoms with van der Waals surface area (Å²) in [6, 6.07) is 18.2. The average molecular weight is 485 g/mol. The molecule has 1 fully saturated rings. The molecule has 8 heteroatoms. The molecule has 3 heterocycles. The predicted octanol–water partition coefficient (Wildman–Crippen LogP) is 4.05. The average Bonchev–Trinajstić information content (AvgIpc) is 2.93. The van der Waals surface area contributed by atoms with Gasteiger partial charge in [-0.25, -0.2) is 10.5 Å². The zero-order chi connectivity index (χ0) is 25.1. The number of fused-ring (bicyclic) bond motifs is 1. The van der Waals surface area contributed by atoms with Crippen molar-refractivity contribution in [2.24, 2.45) is 0 Å². The van der Waals surface area contributed by atoms with Crippen LogP contribution in [0.4, 0.5) is 0 Å². The van der Waals surface area contributed by atoms with Gasteiger partial charge in [-0.2, -0.15) is 0 Å². The summed E-state index contributed by atoms with van der Waals surface area (Å²) in [4.78, 5) is 23.7. The van der Waals surface area contributed by atoms with Crippen LogP contribution in [0.1, 0.15) is 28.8 Å². The molecule has 0 saturated carbocycles. The van der Waals surface area contributed by atoms with Crippen molar-refractivity contribution in [3.63, 3.8) is 0 Å². The molecule has 1 saturated heterocycles. The van der Waals surface area contributed by atoms with E-state index >= 15 is 0 Å². The van der Waals surface area contributed by atoms with E-state index in [9.17, 15) is 15.1 Å². The molecule has 36 heavy (non-hydrogen) atoms. The molecule has 0 unspecified atom stereocenters. The van der Waals surface area contributed by atoms with Gasteiger partial charge in [0.05, 0.1) is 24.3 Å². The van der Waals surface area contributed by atoms with E-state index in [1.807, 2.05) is 24.3 Å². The molecule has 0 aliphatic carbocycles. The Morgan fingerprint density at radius 3 is 2.31 bits per heavy atom. The molecule has 0 radical (unpaired) electrons. The van der Waals surface area contributed by atoms with Crippen LogP contribution in [0.2, 0.25) is 0 Å². The van der Waals surface area contributed by atoms with Crippen LogP contribution in [0.3, 0.4) is 0 Å². The minimum atomic E-state index is -0.689. The summed E-state index contributed by atoms with van der Waals surface area (Å²) in [6.07, 6.45) is 4.65. The highest BCUT2D eigenvalue weighted by Gasteiger charge is 2.23. The van der Waals surface area contributed by atoms with E-state index in [0.29, 0.717) is 16.6 Å². The van der Waals surface area contributed by atoms with E-state index in [-0.39, 0.29) is 17.4 Å². The molecule has 0 atom stereocenters. The lowest BCUT2D eigenvalue weighted by molar-refractivity contribution is 0.0705. The van der Waals surface area contributed by atoms with E-state index in [0.717, 1.165) is 49.2 Å². The molecule has 184 valence electrons. The van der Waals surface area contributed by atoms with Gasteiger partial charge in [-0.3, -0.25) is 19.9 Å². The monoisotopic (exact) mass is 484 g/mol. The Kier molecular flexibility index (Phi) is 6.90. The van der Waals surface area contributed by atoms with Crippen molar-refractivity contribution >= 4 is 16.8 Å². The SMILES string of the molecule is COc1c(-c2ccc(-c3ccc(CN4CCC(O)CC4)cc3)cc2)nc2ccncc2c1C(=O)NO. The normalized spacial score (nSPS) is 14.6. The molecule has 1 aliphatic heterocycles. The molecular weight excluding hydrogens is 456 g/mol. The second-order valence-corrected chi connectivity index (χ2v) is 8.98. The molecule has 4 aromatic rings. The summed E-state index contributed by atoms with van der Waals surface area (Å²) >= 11 is 0. The lowest BCUT2D eigenvalue weighted by Crippen LogP contribution is -2.35. The van der Waals surface area contributed by atoms with E-state index in [1.165, 1.54) is 18.9 Å². The first-order valence-corrected chi connectivity index (χ1v) is 11.9. The van der Waals surface area contributed by atoms with E-state index in [2.05, 4.69) is 34.1 Å². The molecule has 0 bridgehead atoms. The lowest BCUT2D eigenvalue weighted by Gasteiger charge is -2.29. The van der Waals surface area contributed by atoms with Crippen LogP contribution < -0.4 is 10.2 Å². The van der Waals surface area contributed by atoms with Crippen molar-refractivity contribution in [2.75, 3.05) is 20.2 Å². The van der Waals surface area contributed by atoms with Gasteiger partial charge in [0.25, 0.3) is 5.91 Å². The zero-order valence-corrected chi connectivity index (χ0v) is 20.0. The quantitative estimate of drug-likeness (QED) is 0.280. The number of rotatable bonds is 6. The Balaban J connectivity index is 1.42. The number of methoxy groups -OCH3 is 1. The Morgan fingerprint density at radius 1 is 1.03 bits per heavy atom. The number of carbonyl (C=O) groups is 1. The number of hydrogen-bond donors (Lipinski definition) is 3. The number of amides is 1. The van der Waals surface area contributed by atoms with Crippen LogP contribution in [0.25, 0.3) is 33.3 Å². The molecule has 2 aromatic carbocycles. The van der Waals surface area contributed by atoms with Crippen molar-refractivity contribution in [3.8, 4) is 28.1 Å². The van der Waals surface area contributed by atoms with Crippen LogP contribution in [-0.4, -0.2) is 57.4 Å². The van der Waals surface area contributed by atoms with Gasteiger partial charge in [0.1, 0.15) is 5.69 Å². The second-order valence-electron chi connectivity index (χ2n) is 8.98. The Labute approximate surface area is 209 Å². The third kappa shape index (κ3) is 4.79. The number of carbonyl (C=O) groups excluding carboxylic acids is 1. The molecule has 1 amide bonds. The topological polar surface area (TPSA) is 108 Å². The van der Waals surface area contributed by atoms with Crippen molar-refractivity contribution in [1.82, 2.24) is 20.3 Å². The van der Waals surface area contributed by atoms with Gasteiger partial charge >= 0.3 is 0 Å². The number of pyridine rings is 2. The lowest BCUT2D eigenvalue weighted by atomic mass is 9.99. The molecule has 3 N–H and O–H groups in total. The molecule has 0 spiro atoms. The van der Waals surface area contributed by atoms with Crippen LogP contribution in [-0.2, 0) is 6.54 Å². The Bertz CT molecular complexity index is 1370. The fraction of sp³-hybridized carbons (Fsp3) is 0.250. The van der Waals surface area contributed by atoms with Crippen molar-refractivity contribution in [3.05, 3.63) is 78.1 Å². The summed E-state index contributed by atoms with van der Waals surface area (Å²) in [5.41, 5.74) is 7.15. The number of nitrogens with zero attached hydrogens (tertiary/aromatic N) is 3. The fourth-order valence-corrected chi connectivity index (χ4v) is 4.72. The van der Waals surface area contributed by atoms with E-state index in [4.69, 9.17) is 9.72 Å². The largest absolute Gasteiger partial charge is 0.494 e. The van der Waals surface area contributed by atoms with Gasteiger partial charge in [0.2, 0.25) is 0 Å². The highest BCUT2D eigenvalue weighted by atomic mass is 16.5. The van der Waals surface area contributed by atoms with Gasteiger partial charge in [0, 0.05) is 43.0 Å². The summed E-state index contributed by atoms with van der Waals surface area (Å²) in [5, 5.41) is 19.5. The number of aliphatic hydroxyl groups is 1. The minimum Gasteiger partial charge on any atom is -0.494 e. The van der Waals surface area contributed by atoms with Crippen LogP contribution >= 0.6 is 0 Å². The maximum Gasteiger partial charge on any atom is 0.279 e. The Hall–Kier alpha value is -3.85. The van der Waals surface area contributed by atoms with Gasteiger partial charge in [0.15, 0.2) is 5.75 Å². The molecule has 1 aliphatic rings. The van der Waals surface area contributed by atoms with Gasteiger partial charge in [-0.05, 0) is 35.6 Å². The summed E-state index contributed by atoms with van der Waals surface area (Å²) in [5.74, 6) is -0.421. The minimum absolute atomic E-state index is 0.160. The molecule has 8 nitrogen and oxygen atoms in total. The number of ether oxygens (including phenoxy) is 1. The highest BCUT2D eigenvalue weighted by Crippen LogP contribution is 2.36. The maximum atomic E-state index is 12.5. The number of nitrogens with one attached hydrogen (secondary N) is 1. The molecule has 2 aromatic heterocycles. The van der Waals surface area contributed by atoms with E-state index < -0.39 is 5.91 Å². The number of hydrogen-bond acceptors (Lipinski definition) is 7. The fourth-order valence-electron chi connectivity index (χ4n) is 4.72. The number of piperidine rings is 1. The predicted molar refractivity (Wildman–Crippen MR) is 137 cm³/mol. The van der Waals surface area contributed by atoms with Crippen LogP contribution in [0, 0.1) is 0 Å². The highest BCUT2D eigenvalue weighted by molar-refractivity contribution is 6.09. The number of aliphatic hydroxyl groups excluding tert-OH is 1. The first-order valence-electron chi connectivity index (χ1n) is 11.9. The summed E-state index contributed by atoms with van der Waals surface area (Å²) < 4.78 is 5.58. The number of likely N-dealkylation sites (tertiary alicyclic amines) is 1. The zero-order valence-electron chi connectivity index (χ0n) is 20.0. The Morgan fingerprint density at radius 2 is 1.67 bits per heavy atom. The standard InChI is InChI=1S/C28H28N4O4/c1-36-27-25(28(34)31-35)23-16-29-13-10-24(23)30-26(27)21-8-6-20(7-9-21)19-4-2-18(3-5-19)17-32-14-11-22(33)12-15-32/h2-10,13,16,22,33,35H,11-12,14-15,17H2,1H3,(H,31,34). The number of aromatic nitrogens is 2. The number of benzene rings is 2.